The number of alkyl halides is 2. The van der Waals surface area contributed by atoms with Crippen molar-refractivity contribution in [2.45, 2.75) is 11.5 Å². The Labute approximate surface area is 167 Å². The third-order valence-electron chi connectivity index (χ3n) is 3.36. The van der Waals surface area contributed by atoms with Gasteiger partial charge in [-0.25, -0.2) is 12.7 Å². The van der Waals surface area contributed by atoms with Crippen molar-refractivity contribution in [1.82, 2.24) is 9.73 Å². The number of ether oxygens (including phenoxy) is 1. The lowest BCUT2D eigenvalue weighted by Gasteiger charge is -2.13. The molecule has 2 rings (SSSR count). The van der Waals surface area contributed by atoms with E-state index in [1.165, 1.54) is 44.6 Å². The number of benzene rings is 2. The average Bonchev–Trinajstić information content (AvgIpc) is 2.63. The zero-order chi connectivity index (χ0) is 20.7. The van der Waals surface area contributed by atoms with Gasteiger partial charge in [-0.2, -0.15) is 13.9 Å². The van der Waals surface area contributed by atoms with Gasteiger partial charge < -0.3 is 10.1 Å². The van der Waals surface area contributed by atoms with E-state index in [0.29, 0.717) is 11.3 Å². The van der Waals surface area contributed by atoms with Crippen molar-refractivity contribution < 1.29 is 21.9 Å². The van der Waals surface area contributed by atoms with E-state index in [0.717, 1.165) is 4.31 Å². The standard InChI is InChI=1S/C17H18F2N4O3S2/c1-23(2)28(24,25)15-5-3-4-13(10-15)21-17(27)22-20-11-12-6-8-14(9-7-12)26-16(18)19/h3-11,16H,1-2H3,(H2,21,22,27)/b20-11-. The molecule has 7 nitrogen and oxygen atoms in total. The fourth-order valence-electron chi connectivity index (χ4n) is 2.00. The number of hydrogen-bond donors (Lipinski definition) is 2. The second-order valence-electron chi connectivity index (χ2n) is 5.59. The summed E-state index contributed by atoms with van der Waals surface area (Å²) in [4.78, 5) is 0.125. The van der Waals surface area contributed by atoms with Gasteiger partial charge in [0.05, 0.1) is 11.1 Å². The van der Waals surface area contributed by atoms with E-state index >= 15 is 0 Å². The van der Waals surface area contributed by atoms with Crippen LogP contribution in [0.25, 0.3) is 0 Å². The first-order valence-electron chi connectivity index (χ1n) is 7.86. The number of nitrogens with one attached hydrogen (secondary N) is 2. The number of nitrogens with zero attached hydrogens (tertiary/aromatic N) is 2. The fraction of sp³-hybridized carbons (Fsp3) is 0.176. The predicted octanol–water partition coefficient (Wildman–Crippen LogP) is 2.86. The maximum atomic E-state index is 12.2. The third-order valence-corrected chi connectivity index (χ3v) is 5.36. The summed E-state index contributed by atoms with van der Waals surface area (Å²) in [5.41, 5.74) is 3.70. The molecule has 0 aromatic heterocycles. The van der Waals surface area contributed by atoms with Crippen molar-refractivity contribution in [2.24, 2.45) is 5.10 Å². The first-order chi connectivity index (χ1) is 13.2. The Balaban J connectivity index is 1.95. The number of sulfonamides is 1. The molecule has 28 heavy (non-hydrogen) atoms. The lowest BCUT2D eigenvalue weighted by molar-refractivity contribution is -0.0498. The molecule has 0 saturated heterocycles. The van der Waals surface area contributed by atoms with Crippen LogP contribution in [-0.4, -0.2) is 44.8 Å². The number of rotatable bonds is 7. The molecular weight excluding hydrogens is 410 g/mol. The fourth-order valence-corrected chi connectivity index (χ4v) is 3.12. The van der Waals surface area contributed by atoms with Crippen LogP contribution in [-0.2, 0) is 10.0 Å². The summed E-state index contributed by atoms with van der Waals surface area (Å²) in [6.45, 7) is -2.88. The maximum absolute atomic E-state index is 12.2. The summed E-state index contributed by atoms with van der Waals surface area (Å²) in [6, 6.07) is 12.1. The first-order valence-corrected chi connectivity index (χ1v) is 9.71. The van der Waals surface area contributed by atoms with Crippen LogP contribution in [0.3, 0.4) is 0 Å². The molecule has 0 amide bonds. The van der Waals surface area contributed by atoms with Gasteiger partial charge in [-0.15, -0.1) is 0 Å². The van der Waals surface area contributed by atoms with Gasteiger partial charge in [0.15, 0.2) is 5.11 Å². The van der Waals surface area contributed by atoms with Crippen LogP contribution in [0.15, 0.2) is 58.5 Å². The zero-order valence-electron chi connectivity index (χ0n) is 15.0. The predicted molar refractivity (Wildman–Crippen MR) is 107 cm³/mol. The summed E-state index contributed by atoms with van der Waals surface area (Å²) < 4.78 is 53.9. The summed E-state index contributed by atoms with van der Waals surface area (Å²) in [7, 11) is -0.663. The molecule has 0 aliphatic heterocycles. The molecule has 0 radical (unpaired) electrons. The van der Waals surface area contributed by atoms with Gasteiger partial charge in [0.1, 0.15) is 5.75 Å². The number of halogens is 2. The van der Waals surface area contributed by atoms with E-state index < -0.39 is 16.6 Å². The number of thiocarbonyl (C=S) groups is 1. The van der Waals surface area contributed by atoms with Gasteiger partial charge in [-0.1, -0.05) is 6.07 Å². The van der Waals surface area contributed by atoms with Gasteiger partial charge in [-0.05, 0) is 60.2 Å². The second-order valence-corrected chi connectivity index (χ2v) is 8.15. The molecule has 0 atom stereocenters. The maximum Gasteiger partial charge on any atom is 0.387 e. The second kappa shape index (κ2) is 9.53. The molecule has 0 saturated carbocycles. The molecule has 150 valence electrons. The van der Waals surface area contributed by atoms with Gasteiger partial charge in [0, 0.05) is 19.8 Å². The highest BCUT2D eigenvalue weighted by molar-refractivity contribution is 7.89. The number of hydrazone groups is 1. The van der Waals surface area contributed by atoms with Crippen molar-refractivity contribution in [3.8, 4) is 5.75 Å². The lowest BCUT2D eigenvalue weighted by atomic mass is 10.2. The lowest BCUT2D eigenvalue weighted by Crippen LogP contribution is -2.25. The normalized spacial score (nSPS) is 11.8. The minimum Gasteiger partial charge on any atom is -0.435 e. The largest absolute Gasteiger partial charge is 0.435 e. The Morgan fingerprint density at radius 3 is 2.50 bits per heavy atom. The molecule has 2 aromatic carbocycles. The molecule has 0 spiro atoms. The molecule has 0 heterocycles. The number of hydrogen-bond acceptors (Lipinski definition) is 5. The van der Waals surface area contributed by atoms with Crippen LogP contribution in [0.2, 0.25) is 0 Å². The van der Waals surface area contributed by atoms with Gasteiger partial charge in [0.2, 0.25) is 10.0 Å². The van der Waals surface area contributed by atoms with E-state index in [1.54, 1.807) is 24.3 Å². The Kier molecular flexibility index (Phi) is 7.38. The summed E-state index contributed by atoms with van der Waals surface area (Å²) in [6.07, 6.45) is 1.44. The molecule has 0 unspecified atom stereocenters. The van der Waals surface area contributed by atoms with Crippen molar-refractivity contribution >= 4 is 39.3 Å². The average molecular weight is 428 g/mol. The SMILES string of the molecule is CN(C)S(=O)(=O)c1cccc(NC(=S)N/N=C\c2ccc(OC(F)F)cc2)c1. The zero-order valence-corrected chi connectivity index (χ0v) is 16.6. The van der Waals surface area contributed by atoms with Gasteiger partial charge >= 0.3 is 6.61 Å². The topological polar surface area (TPSA) is 83.0 Å². The summed E-state index contributed by atoms with van der Waals surface area (Å²) >= 11 is 5.11. The van der Waals surface area contributed by atoms with E-state index in [4.69, 9.17) is 12.2 Å². The van der Waals surface area contributed by atoms with Crippen LogP contribution in [0.4, 0.5) is 14.5 Å². The van der Waals surface area contributed by atoms with Crippen molar-refractivity contribution in [1.29, 1.82) is 0 Å². The van der Waals surface area contributed by atoms with E-state index in [9.17, 15) is 17.2 Å². The third kappa shape index (κ3) is 6.22. The molecule has 0 aliphatic carbocycles. The van der Waals surface area contributed by atoms with Crippen molar-refractivity contribution in [2.75, 3.05) is 19.4 Å². The Morgan fingerprint density at radius 1 is 1.21 bits per heavy atom. The highest BCUT2D eigenvalue weighted by Gasteiger charge is 2.17. The molecule has 2 N–H and O–H groups in total. The Morgan fingerprint density at radius 2 is 1.89 bits per heavy atom. The van der Waals surface area contributed by atoms with E-state index in [1.807, 2.05) is 0 Å². The van der Waals surface area contributed by atoms with Gasteiger partial charge in [-0.3, -0.25) is 5.43 Å². The smallest absolute Gasteiger partial charge is 0.387 e. The van der Waals surface area contributed by atoms with Crippen molar-refractivity contribution in [3.63, 3.8) is 0 Å². The molecular formula is C17H18F2N4O3S2. The molecule has 0 bridgehead atoms. The van der Waals surface area contributed by atoms with Crippen LogP contribution < -0.4 is 15.5 Å². The highest BCUT2D eigenvalue weighted by atomic mass is 32.2. The van der Waals surface area contributed by atoms with Crippen LogP contribution in [0, 0.1) is 0 Å². The Hall–Kier alpha value is -2.63. The van der Waals surface area contributed by atoms with E-state index in [-0.39, 0.29) is 15.8 Å². The number of anilines is 1. The molecule has 0 aliphatic rings. The van der Waals surface area contributed by atoms with Crippen molar-refractivity contribution in [3.05, 3.63) is 54.1 Å². The summed E-state index contributed by atoms with van der Waals surface area (Å²) in [5.74, 6) is 0.0462. The Bertz CT molecular complexity index is 949. The van der Waals surface area contributed by atoms with E-state index in [2.05, 4.69) is 20.6 Å². The van der Waals surface area contributed by atoms with Crippen LogP contribution in [0.5, 0.6) is 5.75 Å². The minimum absolute atomic E-state index is 0.0462. The molecule has 0 fully saturated rings. The molecule has 11 heteroatoms. The summed E-state index contributed by atoms with van der Waals surface area (Å²) in [5, 5.41) is 6.91. The molecule has 2 aromatic rings. The first kappa shape index (κ1) is 21.7. The monoisotopic (exact) mass is 428 g/mol. The van der Waals surface area contributed by atoms with Crippen LogP contribution >= 0.6 is 12.2 Å². The minimum atomic E-state index is -3.56. The van der Waals surface area contributed by atoms with Crippen LogP contribution in [0.1, 0.15) is 5.56 Å². The highest BCUT2D eigenvalue weighted by Crippen LogP contribution is 2.18. The quantitative estimate of drug-likeness (QED) is 0.401. The van der Waals surface area contributed by atoms with Gasteiger partial charge in [0.25, 0.3) is 0 Å².